The fraction of sp³-hybridized carbons (Fsp3) is 0.889. The summed E-state index contributed by atoms with van der Waals surface area (Å²) in [4.78, 5) is 13.0. The van der Waals surface area contributed by atoms with Crippen LogP contribution in [0.5, 0.6) is 0 Å². The molecule has 2 saturated heterocycles. The van der Waals surface area contributed by atoms with Gasteiger partial charge in [-0.15, -0.1) is 0 Å². The summed E-state index contributed by atoms with van der Waals surface area (Å²) >= 11 is 0. The number of hydrogen-bond donors (Lipinski definition) is 1. The van der Waals surface area contributed by atoms with Crippen LogP contribution in [-0.4, -0.2) is 47.3 Å². The van der Waals surface area contributed by atoms with Gasteiger partial charge < -0.3 is 14.7 Å². The smallest absolute Gasteiger partial charge is 0.219 e. The van der Waals surface area contributed by atoms with Crippen molar-refractivity contribution in [2.24, 2.45) is 5.92 Å². The molecule has 4 nitrogen and oxygen atoms in total. The van der Waals surface area contributed by atoms with E-state index in [0.29, 0.717) is 19.1 Å². The van der Waals surface area contributed by atoms with Crippen molar-refractivity contribution >= 4 is 5.91 Å². The molecular formula is C9H15NO3. The van der Waals surface area contributed by atoms with E-state index < -0.39 is 6.10 Å². The van der Waals surface area contributed by atoms with E-state index in [1.54, 1.807) is 11.8 Å². The molecule has 1 amide bonds. The maximum absolute atomic E-state index is 11.2. The number of aliphatic hydroxyl groups excluding tert-OH is 1. The predicted molar refractivity (Wildman–Crippen MR) is 46.1 cm³/mol. The van der Waals surface area contributed by atoms with Gasteiger partial charge in [-0.3, -0.25) is 4.79 Å². The number of aliphatic hydroxyl groups is 1. The molecule has 74 valence electrons. The molecule has 0 aromatic heterocycles. The van der Waals surface area contributed by atoms with Crippen molar-refractivity contribution in [2.45, 2.75) is 32.1 Å². The highest BCUT2D eigenvalue weighted by Gasteiger charge is 2.49. The van der Waals surface area contributed by atoms with Crippen LogP contribution in [0.1, 0.15) is 13.8 Å². The molecule has 0 spiro atoms. The summed E-state index contributed by atoms with van der Waals surface area (Å²) in [6.07, 6.45) is -0.460. The first-order valence-corrected chi connectivity index (χ1v) is 4.68. The Morgan fingerprint density at radius 1 is 1.62 bits per heavy atom. The molecule has 1 N–H and O–H groups in total. The first kappa shape index (κ1) is 8.97. The lowest BCUT2D eigenvalue weighted by Crippen LogP contribution is -2.42. The van der Waals surface area contributed by atoms with E-state index in [1.165, 1.54) is 0 Å². The van der Waals surface area contributed by atoms with Crippen molar-refractivity contribution in [1.82, 2.24) is 4.90 Å². The summed E-state index contributed by atoms with van der Waals surface area (Å²) in [6, 6.07) is -0.104. The molecule has 0 aliphatic carbocycles. The Kier molecular flexibility index (Phi) is 2.04. The monoisotopic (exact) mass is 185 g/mol. The Balaban J connectivity index is 2.20. The van der Waals surface area contributed by atoms with Gasteiger partial charge in [-0.25, -0.2) is 0 Å². The van der Waals surface area contributed by atoms with Gasteiger partial charge in [0.25, 0.3) is 0 Å². The van der Waals surface area contributed by atoms with Gasteiger partial charge in [-0.1, -0.05) is 6.92 Å². The number of carbonyl (C=O) groups is 1. The number of hydrogen-bond acceptors (Lipinski definition) is 3. The van der Waals surface area contributed by atoms with Crippen LogP contribution in [-0.2, 0) is 9.53 Å². The van der Waals surface area contributed by atoms with E-state index in [9.17, 15) is 9.90 Å². The summed E-state index contributed by atoms with van der Waals surface area (Å²) in [6.45, 7) is 4.67. The van der Waals surface area contributed by atoms with Gasteiger partial charge >= 0.3 is 0 Å². The fourth-order valence-electron chi connectivity index (χ4n) is 2.39. The summed E-state index contributed by atoms with van der Waals surface area (Å²) in [5, 5.41) is 9.62. The minimum absolute atomic E-state index is 0.0314. The molecule has 2 fully saturated rings. The molecule has 2 aliphatic heterocycles. The average molecular weight is 185 g/mol. The summed E-state index contributed by atoms with van der Waals surface area (Å²) < 4.78 is 5.44. The zero-order valence-electron chi connectivity index (χ0n) is 7.93. The molecule has 0 aromatic carbocycles. The number of amides is 1. The largest absolute Gasteiger partial charge is 0.388 e. The van der Waals surface area contributed by atoms with Crippen LogP contribution in [0.15, 0.2) is 0 Å². The molecule has 0 radical (unpaired) electrons. The van der Waals surface area contributed by atoms with Crippen LogP contribution in [0, 0.1) is 5.92 Å². The Labute approximate surface area is 77.5 Å². The van der Waals surface area contributed by atoms with E-state index in [2.05, 4.69) is 6.92 Å². The lowest BCUT2D eigenvalue weighted by Gasteiger charge is -2.23. The van der Waals surface area contributed by atoms with Crippen molar-refractivity contribution < 1.29 is 14.6 Å². The number of rotatable bonds is 0. The first-order chi connectivity index (χ1) is 6.11. The molecule has 2 heterocycles. The highest BCUT2D eigenvalue weighted by Crippen LogP contribution is 2.33. The van der Waals surface area contributed by atoms with Crippen molar-refractivity contribution in [2.75, 3.05) is 13.2 Å². The molecule has 4 atom stereocenters. The molecular weight excluding hydrogens is 170 g/mol. The quantitative estimate of drug-likeness (QED) is 0.559. The Bertz CT molecular complexity index is 231. The molecule has 2 unspecified atom stereocenters. The zero-order valence-corrected chi connectivity index (χ0v) is 7.93. The standard InChI is InChI=1S/C9H15NO3/c1-5-3-10(6(2)11)8-7(12)4-13-9(5)8/h5,7-9,12H,3-4H2,1-2H3/t5-,7?,8?,9+/m0/s1. The molecule has 4 heteroatoms. The van der Waals surface area contributed by atoms with Gasteiger partial charge in [0.2, 0.25) is 5.91 Å². The lowest BCUT2D eigenvalue weighted by atomic mass is 10.0. The van der Waals surface area contributed by atoms with Crippen LogP contribution in [0.3, 0.4) is 0 Å². The maximum atomic E-state index is 11.2. The third-order valence-corrected chi connectivity index (χ3v) is 3.00. The summed E-state index contributed by atoms with van der Waals surface area (Å²) in [5.41, 5.74) is 0. The Morgan fingerprint density at radius 3 is 2.92 bits per heavy atom. The first-order valence-electron chi connectivity index (χ1n) is 4.68. The second-order valence-corrected chi connectivity index (χ2v) is 4.00. The zero-order chi connectivity index (χ0) is 9.59. The van der Waals surface area contributed by atoms with Gasteiger partial charge in [-0.05, 0) is 0 Å². The van der Waals surface area contributed by atoms with E-state index in [1.807, 2.05) is 0 Å². The highest BCUT2D eigenvalue weighted by atomic mass is 16.5. The predicted octanol–water partition coefficient (Wildman–Crippen LogP) is -0.387. The van der Waals surface area contributed by atoms with Crippen LogP contribution in [0.2, 0.25) is 0 Å². The molecule has 0 bridgehead atoms. The Morgan fingerprint density at radius 2 is 2.31 bits per heavy atom. The van der Waals surface area contributed by atoms with Gasteiger partial charge in [0.05, 0.1) is 18.8 Å². The molecule has 2 rings (SSSR count). The molecule has 0 saturated carbocycles. The minimum Gasteiger partial charge on any atom is -0.388 e. The highest BCUT2D eigenvalue weighted by molar-refractivity contribution is 5.74. The van der Waals surface area contributed by atoms with Gasteiger partial charge in [-0.2, -0.15) is 0 Å². The summed E-state index contributed by atoms with van der Waals surface area (Å²) in [7, 11) is 0. The number of fused-ring (bicyclic) bond motifs is 1. The van der Waals surface area contributed by atoms with E-state index in [0.717, 1.165) is 0 Å². The number of likely N-dealkylation sites (tertiary alicyclic amines) is 1. The Hall–Kier alpha value is -0.610. The van der Waals surface area contributed by atoms with Crippen molar-refractivity contribution in [3.05, 3.63) is 0 Å². The number of ether oxygens (including phenoxy) is 1. The normalized spacial score (nSPS) is 43.8. The molecule has 2 aliphatic rings. The van der Waals surface area contributed by atoms with Crippen molar-refractivity contribution in [3.63, 3.8) is 0 Å². The SMILES string of the molecule is CC(=O)N1C[C@H](C)[C@H]2OCC(O)C21. The topological polar surface area (TPSA) is 49.8 Å². The van der Waals surface area contributed by atoms with Gasteiger partial charge in [0.15, 0.2) is 0 Å². The fourth-order valence-corrected chi connectivity index (χ4v) is 2.39. The van der Waals surface area contributed by atoms with Crippen LogP contribution in [0.25, 0.3) is 0 Å². The number of carbonyl (C=O) groups excluding carboxylic acids is 1. The van der Waals surface area contributed by atoms with E-state index in [-0.39, 0.29) is 18.1 Å². The maximum Gasteiger partial charge on any atom is 0.219 e. The van der Waals surface area contributed by atoms with E-state index in [4.69, 9.17) is 4.74 Å². The van der Waals surface area contributed by atoms with Gasteiger partial charge in [0.1, 0.15) is 6.10 Å². The van der Waals surface area contributed by atoms with E-state index >= 15 is 0 Å². The third-order valence-electron chi connectivity index (χ3n) is 3.00. The van der Waals surface area contributed by atoms with Crippen LogP contribution >= 0.6 is 0 Å². The van der Waals surface area contributed by atoms with Gasteiger partial charge in [0, 0.05) is 19.4 Å². The second-order valence-electron chi connectivity index (χ2n) is 4.00. The minimum atomic E-state index is -0.501. The van der Waals surface area contributed by atoms with Crippen molar-refractivity contribution in [3.8, 4) is 0 Å². The average Bonchev–Trinajstić information content (AvgIpc) is 2.55. The molecule has 0 aromatic rings. The third kappa shape index (κ3) is 1.25. The second kappa shape index (κ2) is 2.96. The number of nitrogens with zero attached hydrogens (tertiary/aromatic N) is 1. The van der Waals surface area contributed by atoms with Crippen LogP contribution in [0.4, 0.5) is 0 Å². The summed E-state index contributed by atoms with van der Waals surface area (Å²) in [5.74, 6) is 0.370. The van der Waals surface area contributed by atoms with Crippen LogP contribution < -0.4 is 0 Å². The molecule has 13 heavy (non-hydrogen) atoms. The lowest BCUT2D eigenvalue weighted by molar-refractivity contribution is -0.131. The van der Waals surface area contributed by atoms with Crippen molar-refractivity contribution in [1.29, 1.82) is 0 Å².